The fourth-order valence-corrected chi connectivity index (χ4v) is 1.42. The average molecular weight is 265 g/mol. The molecule has 0 aromatic heterocycles. The van der Waals surface area contributed by atoms with Gasteiger partial charge in [-0.3, -0.25) is 0 Å². The van der Waals surface area contributed by atoms with Crippen molar-refractivity contribution in [1.82, 2.24) is 5.32 Å². The number of benzene rings is 1. The molecule has 4 nitrogen and oxygen atoms in total. The highest BCUT2D eigenvalue weighted by molar-refractivity contribution is 5.77. The lowest BCUT2D eigenvalue weighted by atomic mass is 10.2. The molecule has 0 aliphatic carbocycles. The van der Waals surface area contributed by atoms with Gasteiger partial charge in [0.1, 0.15) is 17.7 Å². The van der Waals surface area contributed by atoms with E-state index < -0.39 is 0 Å². The van der Waals surface area contributed by atoms with Crippen LogP contribution in [-0.2, 0) is 0 Å². The first-order valence-corrected chi connectivity index (χ1v) is 6.22. The predicted molar refractivity (Wildman–Crippen MR) is 75.8 cm³/mol. The second-order valence-electron chi connectivity index (χ2n) is 4.00. The molecule has 5 heteroatoms. The largest absolute Gasteiger partial charge is 0.488 e. The van der Waals surface area contributed by atoms with Crippen molar-refractivity contribution in [2.75, 3.05) is 13.1 Å². The molecular weight excluding hydrogens is 245 g/mol. The van der Waals surface area contributed by atoms with Gasteiger partial charge in [-0.05, 0) is 18.6 Å². The van der Waals surface area contributed by atoms with Crippen molar-refractivity contribution < 1.29 is 9.13 Å². The van der Waals surface area contributed by atoms with Gasteiger partial charge in [-0.25, -0.2) is 9.38 Å². The molecule has 1 rings (SSSR count). The van der Waals surface area contributed by atoms with Crippen molar-refractivity contribution in [3.05, 3.63) is 42.7 Å². The van der Waals surface area contributed by atoms with Crippen LogP contribution in [0.2, 0.25) is 0 Å². The van der Waals surface area contributed by atoms with Crippen LogP contribution in [0.1, 0.15) is 13.3 Å². The molecule has 104 valence electrons. The Morgan fingerprint density at radius 2 is 2.42 bits per heavy atom. The minimum atomic E-state index is -0.317. The highest BCUT2D eigenvalue weighted by Crippen LogP contribution is 2.15. The van der Waals surface area contributed by atoms with Crippen LogP contribution >= 0.6 is 0 Å². The smallest absolute Gasteiger partial charge is 0.188 e. The Labute approximate surface area is 113 Å². The number of halogens is 1. The summed E-state index contributed by atoms with van der Waals surface area (Å²) in [5.41, 5.74) is 5.66. The van der Waals surface area contributed by atoms with E-state index in [0.717, 1.165) is 6.42 Å². The van der Waals surface area contributed by atoms with E-state index in [9.17, 15) is 4.39 Å². The summed E-state index contributed by atoms with van der Waals surface area (Å²) < 4.78 is 18.7. The maximum absolute atomic E-state index is 13.0. The van der Waals surface area contributed by atoms with Crippen molar-refractivity contribution in [2.24, 2.45) is 10.7 Å². The van der Waals surface area contributed by atoms with Gasteiger partial charge in [0.05, 0.1) is 6.54 Å². The van der Waals surface area contributed by atoms with Crippen LogP contribution in [-0.4, -0.2) is 25.2 Å². The topological polar surface area (TPSA) is 59.6 Å². The van der Waals surface area contributed by atoms with E-state index in [2.05, 4.69) is 16.9 Å². The number of ether oxygens (including phenoxy) is 1. The SMILES string of the molecule is C=CCNC(N)=NCC(CC)Oc1cccc(F)c1. The van der Waals surface area contributed by atoms with E-state index in [1.54, 1.807) is 18.2 Å². The van der Waals surface area contributed by atoms with Gasteiger partial charge in [0.25, 0.3) is 0 Å². The highest BCUT2D eigenvalue weighted by atomic mass is 19.1. The van der Waals surface area contributed by atoms with Gasteiger partial charge in [-0.1, -0.05) is 19.1 Å². The van der Waals surface area contributed by atoms with E-state index in [-0.39, 0.29) is 11.9 Å². The lowest BCUT2D eigenvalue weighted by Gasteiger charge is -2.16. The number of nitrogens with one attached hydrogen (secondary N) is 1. The van der Waals surface area contributed by atoms with E-state index in [1.807, 2.05) is 6.92 Å². The summed E-state index contributed by atoms with van der Waals surface area (Å²) in [5, 5.41) is 2.88. The van der Waals surface area contributed by atoms with Crippen LogP contribution in [0.5, 0.6) is 5.75 Å². The molecule has 0 heterocycles. The zero-order valence-electron chi connectivity index (χ0n) is 11.1. The second kappa shape index (κ2) is 8.13. The zero-order chi connectivity index (χ0) is 14.1. The first-order chi connectivity index (χ1) is 9.15. The Hall–Kier alpha value is -2.04. The number of hydrogen-bond acceptors (Lipinski definition) is 2. The summed E-state index contributed by atoms with van der Waals surface area (Å²) in [7, 11) is 0. The third-order valence-electron chi connectivity index (χ3n) is 2.45. The normalized spacial score (nSPS) is 12.8. The Kier molecular flexibility index (Phi) is 6.43. The van der Waals surface area contributed by atoms with Crippen molar-refractivity contribution in [1.29, 1.82) is 0 Å². The van der Waals surface area contributed by atoms with Gasteiger partial charge < -0.3 is 15.8 Å². The summed E-state index contributed by atoms with van der Waals surface area (Å²) in [4.78, 5) is 4.17. The summed E-state index contributed by atoms with van der Waals surface area (Å²) in [6, 6.07) is 6.06. The first-order valence-electron chi connectivity index (χ1n) is 6.22. The molecule has 0 bridgehead atoms. The van der Waals surface area contributed by atoms with Crippen molar-refractivity contribution in [3.8, 4) is 5.75 Å². The van der Waals surface area contributed by atoms with Gasteiger partial charge in [-0.2, -0.15) is 0 Å². The van der Waals surface area contributed by atoms with Crippen LogP contribution in [0.4, 0.5) is 4.39 Å². The van der Waals surface area contributed by atoms with Gasteiger partial charge in [0.2, 0.25) is 0 Å². The van der Waals surface area contributed by atoms with Crippen LogP contribution < -0.4 is 15.8 Å². The molecule has 0 aliphatic rings. The Morgan fingerprint density at radius 3 is 3.05 bits per heavy atom. The fraction of sp³-hybridized carbons (Fsp3) is 0.357. The monoisotopic (exact) mass is 265 g/mol. The lowest BCUT2D eigenvalue weighted by Crippen LogP contribution is -2.33. The van der Waals surface area contributed by atoms with E-state index in [4.69, 9.17) is 10.5 Å². The number of guanidine groups is 1. The number of hydrogen-bond donors (Lipinski definition) is 2. The third kappa shape index (κ3) is 5.90. The molecule has 1 unspecified atom stereocenters. The molecule has 1 aromatic rings. The molecule has 1 atom stereocenters. The molecule has 0 amide bonds. The van der Waals surface area contributed by atoms with Gasteiger partial charge in [-0.15, -0.1) is 6.58 Å². The highest BCUT2D eigenvalue weighted by Gasteiger charge is 2.08. The zero-order valence-corrected chi connectivity index (χ0v) is 11.1. The first kappa shape index (κ1) is 15.0. The average Bonchev–Trinajstić information content (AvgIpc) is 2.41. The minimum absolute atomic E-state index is 0.133. The number of aliphatic imine (C=N–C) groups is 1. The summed E-state index contributed by atoms with van der Waals surface area (Å²) >= 11 is 0. The van der Waals surface area contributed by atoms with Crippen LogP contribution in [0.3, 0.4) is 0 Å². The van der Waals surface area contributed by atoms with Crippen LogP contribution in [0, 0.1) is 5.82 Å². The molecule has 19 heavy (non-hydrogen) atoms. The Balaban J connectivity index is 2.52. The molecular formula is C14H20FN3O. The van der Waals surface area contributed by atoms with Crippen molar-refractivity contribution in [3.63, 3.8) is 0 Å². The third-order valence-corrected chi connectivity index (χ3v) is 2.45. The lowest BCUT2D eigenvalue weighted by molar-refractivity contribution is 0.205. The maximum atomic E-state index is 13.0. The van der Waals surface area contributed by atoms with E-state index in [0.29, 0.717) is 24.8 Å². The number of nitrogens with zero attached hydrogens (tertiary/aromatic N) is 1. The Bertz CT molecular complexity index is 434. The summed E-state index contributed by atoms with van der Waals surface area (Å²) in [6.07, 6.45) is 2.32. The van der Waals surface area contributed by atoms with Crippen molar-refractivity contribution >= 4 is 5.96 Å². The standard InChI is InChI=1S/C14H20FN3O/c1-3-8-17-14(16)18-10-12(4-2)19-13-7-5-6-11(15)9-13/h3,5-7,9,12H,1,4,8,10H2,2H3,(H3,16,17,18). The molecule has 3 N–H and O–H groups in total. The molecule has 0 saturated heterocycles. The fourth-order valence-electron chi connectivity index (χ4n) is 1.42. The molecule has 0 aliphatic heterocycles. The Morgan fingerprint density at radius 1 is 1.63 bits per heavy atom. The van der Waals surface area contributed by atoms with E-state index >= 15 is 0 Å². The van der Waals surface area contributed by atoms with Crippen LogP contribution in [0.15, 0.2) is 41.9 Å². The quantitative estimate of drug-likeness (QED) is 0.451. The molecule has 1 aromatic carbocycles. The van der Waals surface area contributed by atoms with Gasteiger partial charge in [0, 0.05) is 12.6 Å². The molecule has 0 radical (unpaired) electrons. The van der Waals surface area contributed by atoms with Gasteiger partial charge >= 0.3 is 0 Å². The van der Waals surface area contributed by atoms with Crippen molar-refractivity contribution in [2.45, 2.75) is 19.4 Å². The maximum Gasteiger partial charge on any atom is 0.188 e. The molecule has 0 saturated carbocycles. The van der Waals surface area contributed by atoms with Crippen LogP contribution in [0.25, 0.3) is 0 Å². The van der Waals surface area contributed by atoms with E-state index in [1.165, 1.54) is 12.1 Å². The summed E-state index contributed by atoms with van der Waals surface area (Å²) in [5.74, 6) is 0.531. The molecule has 0 fully saturated rings. The second-order valence-corrected chi connectivity index (χ2v) is 4.00. The minimum Gasteiger partial charge on any atom is -0.488 e. The molecule has 0 spiro atoms. The summed E-state index contributed by atoms with van der Waals surface area (Å²) in [6.45, 7) is 6.54. The number of rotatable bonds is 7. The number of nitrogens with two attached hydrogens (primary N) is 1. The predicted octanol–water partition coefficient (Wildman–Crippen LogP) is 2.07. The van der Waals surface area contributed by atoms with Gasteiger partial charge in [0.15, 0.2) is 5.96 Å².